The van der Waals surface area contributed by atoms with Crippen molar-refractivity contribution in [1.29, 1.82) is 0 Å². The van der Waals surface area contributed by atoms with Gasteiger partial charge in [0.05, 0.1) is 0 Å². The normalized spacial score (nSPS) is 20.5. The van der Waals surface area contributed by atoms with E-state index in [1.807, 2.05) is 7.05 Å². The maximum atomic E-state index is 3.52. The van der Waals surface area contributed by atoms with E-state index in [2.05, 4.69) is 17.6 Å². The third kappa shape index (κ3) is 3.11. The van der Waals surface area contributed by atoms with E-state index in [0.29, 0.717) is 5.41 Å². The highest BCUT2D eigenvalue weighted by molar-refractivity contribution is 4.84. The lowest BCUT2D eigenvalue weighted by atomic mass is 9.70. The first-order valence-electron chi connectivity index (χ1n) is 5.12. The average Bonchev–Trinajstić information content (AvgIpc) is 2.01. The zero-order valence-electron chi connectivity index (χ0n) is 8.45. The Hall–Kier alpha value is -0.0800. The molecular weight excluding hydrogens is 148 g/mol. The zero-order valence-corrected chi connectivity index (χ0v) is 8.45. The van der Waals surface area contributed by atoms with Gasteiger partial charge in [-0.3, -0.25) is 0 Å². The molecule has 1 aliphatic carbocycles. The number of rotatable bonds is 6. The fourth-order valence-electron chi connectivity index (χ4n) is 1.74. The molecule has 0 unspecified atom stereocenters. The Morgan fingerprint density at radius 2 is 2.00 bits per heavy atom. The number of hydrogen-bond donors (Lipinski definition) is 2. The van der Waals surface area contributed by atoms with Crippen molar-refractivity contribution in [2.75, 3.05) is 26.7 Å². The second-order valence-corrected chi connectivity index (χ2v) is 4.30. The molecule has 1 fully saturated rings. The minimum atomic E-state index is 0.639. The van der Waals surface area contributed by atoms with Crippen LogP contribution in [0.25, 0.3) is 0 Å². The number of nitrogens with one attached hydrogen (secondary N) is 2. The lowest BCUT2D eigenvalue weighted by Gasteiger charge is -2.38. The van der Waals surface area contributed by atoms with Crippen LogP contribution < -0.4 is 10.6 Å². The molecule has 0 bridgehead atoms. The van der Waals surface area contributed by atoms with Gasteiger partial charge >= 0.3 is 0 Å². The van der Waals surface area contributed by atoms with Crippen LogP contribution in [0, 0.1) is 5.41 Å². The summed E-state index contributed by atoms with van der Waals surface area (Å²) in [5.74, 6) is 0. The van der Waals surface area contributed by atoms with Gasteiger partial charge in [-0.05, 0) is 44.8 Å². The van der Waals surface area contributed by atoms with E-state index in [-0.39, 0.29) is 0 Å². The van der Waals surface area contributed by atoms with Gasteiger partial charge in [-0.15, -0.1) is 0 Å². The molecule has 1 saturated carbocycles. The third-order valence-electron chi connectivity index (χ3n) is 2.89. The summed E-state index contributed by atoms with van der Waals surface area (Å²) in [4.78, 5) is 0. The van der Waals surface area contributed by atoms with Crippen molar-refractivity contribution in [2.24, 2.45) is 5.41 Å². The summed E-state index contributed by atoms with van der Waals surface area (Å²) in [7, 11) is 2.01. The molecule has 0 radical (unpaired) electrons. The average molecular weight is 170 g/mol. The molecule has 2 heteroatoms. The van der Waals surface area contributed by atoms with Crippen LogP contribution in [0.2, 0.25) is 0 Å². The van der Waals surface area contributed by atoms with Crippen molar-refractivity contribution >= 4 is 0 Å². The van der Waals surface area contributed by atoms with Crippen LogP contribution in [-0.2, 0) is 0 Å². The smallest absolute Gasteiger partial charge is 0.000517 e. The quantitative estimate of drug-likeness (QED) is 0.588. The minimum absolute atomic E-state index is 0.639. The highest BCUT2D eigenvalue weighted by Crippen LogP contribution is 2.39. The Morgan fingerprint density at radius 3 is 2.50 bits per heavy atom. The number of hydrogen-bond acceptors (Lipinski definition) is 2. The molecule has 0 aromatic rings. The zero-order chi connectivity index (χ0) is 8.86. The van der Waals surface area contributed by atoms with Gasteiger partial charge in [0, 0.05) is 6.54 Å². The van der Waals surface area contributed by atoms with Gasteiger partial charge in [-0.2, -0.15) is 0 Å². The van der Waals surface area contributed by atoms with E-state index in [4.69, 9.17) is 0 Å². The van der Waals surface area contributed by atoms with Gasteiger partial charge in [0.1, 0.15) is 0 Å². The Kier molecular flexibility index (Phi) is 4.02. The first kappa shape index (κ1) is 10.0. The summed E-state index contributed by atoms with van der Waals surface area (Å²) in [5.41, 5.74) is 0.639. The molecule has 0 atom stereocenters. The van der Waals surface area contributed by atoms with Gasteiger partial charge < -0.3 is 10.6 Å². The van der Waals surface area contributed by atoms with Crippen molar-refractivity contribution in [2.45, 2.75) is 32.6 Å². The van der Waals surface area contributed by atoms with Crippen LogP contribution in [0.4, 0.5) is 0 Å². The van der Waals surface area contributed by atoms with Crippen LogP contribution in [0.15, 0.2) is 0 Å². The summed E-state index contributed by atoms with van der Waals surface area (Å²) in [6.07, 6.45) is 5.53. The van der Waals surface area contributed by atoms with Crippen LogP contribution in [0.1, 0.15) is 32.6 Å². The van der Waals surface area contributed by atoms with Crippen LogP contribution in [-0.4, -0.2) is 26.7 Å². The standard InChI is InChI=1S/C10H22N2/c1-10(5-3-6-10)9-12-8-4-7-11-2/h11-12H,3-9H2,1-2H3. The van der Waals surface area contributed by atoms with Crippen molar-refractivity contribution in [3.63, 3.8) is 0 Å². The summed E-state index contributed by atoms with van der Waals surface area (Å²) >= 11 is 0. The molecule has 0 saturated heterocycles. The SMILES string of the molecule is CNCCCNCC1(C)CCC1. The lowest BCUT2D eigenvalue weighted by Crippen LogP contribution is -2.38. The first-order valence-corrected chi connectivity index (χ1v) is 5.12. The Labute approximate surface area is 76.1 Å². The van der Waals surface area contributed by atoms with Crippen molar-refractivity contribution in [3.8, 4) is 0 Å². The van der Waals surface area contributed by atoms with Gasteiger partial charge in [-0.1, -0.05) is 13.3 Å². The molecule has 2 nitrogen and oxygen atoms in total. The summed E-state index contributed by atoms with van der Waals surface area (Å²) in [6.45, 7) is 5.90. The molecule has 72 valence electrons. The van der Waals surface area contributed by atoms with E-state index < -0.39 is 0 Å². The maximum absolute atomic E-state index is 3.52. The molecule has 1 aliphatic rings. The van der Waals surface area contributed by atoms with Crippen LogP contribution in [0.5, 0.6) is 0 Å². The molecule has 0 aliphatic heterocycles. The molecule has 0 aromatic carbocycles. The van der Waals surface area contributed by atoms with E-state index in [1.54, 1.807) is 0 Å². The third-order valence-corrected chi connectivity index (χ3v) is 2.89. The van der Waals surface area contributed by atoms with Crippen molar-refractivity contribution < 1.29 is 0 Å². The van der Waals surface area contributed by atoms with E-state index >= 15 is 0 Å². The predicted molar refractivity (Wildman–Crippen MR) is 53.4 cm³/mol. The van der Waals surface area contributed by atoms with Crippen LogP contribution >= 0.6 is 0 Å². The monoisotopic (exact) mass is 170 g/mol. The van der Waals surface area contributed by atoms with Crippen molar-refractivity contribution in [3.05, 3.63) is 0 Å². The van der Waals surface area contributed by atoms with Gasteiger partial charge in [0.2, 0.25) is 0 Å². The highest BCUT2D eigenvalue weighted by atomic mass is 14.9. The van der Waals surface area contributed by atoms with E-state index in [0.717, 1.165) is 13.1 Å². The molecule has 2 N–H and O–H groups in total. The largest absolute Gasteiger partial charge is 0.320 e. The minimum Gasteiger partial charge on any atom is -0.320 e. The second kappa shape index (κ2) is 4.83. The van der Waals surface area contributed by atoms with Gasteiger partial charge in [0.25, 0.3) is 0 Å². The maximum Gasteiger partial charge on any atom is 0.000517 e. The Bertz CT molecular complexity index is 119. The Morgan fingerprint density at radius 1 is 1.25 bits per heavy atom. The molecule has 1 rings (SSSR count). The molecule has 0 amide bonds. The molecule has 0 heterocycles. The van der Waals surface area contributed by atoms with Crippen molar-refractivity contribution in [1.82, 2.24) is 10.6 Å². The predicted octanol–water partition coefficient (Wildman–Crippen LogP) is 1.38. The van der Waals surface area contributed by atoms with Gasteiger partial charge in [0.15, 0.2) is 0 Å². The molecule has 12 heavy (non-hydrogen) atoms. The topological polar surface area (TPSA) is 24.1 Å². The summed E-state index contributed by atoms with van der Waals surface area (Å²) < 4.78 is 0. The first-order chi connectivity index (χ1) is 5.77. The fourth-order valence-corrected chi connectivity index (χ4v) is 1.74. The Balaban J connectivity index is 1.88. The van der Waals surface area contributed by atoms with Gasteiger partial charge in [-0.25, -0.2) is 0 Å². The lowest BCUT2D eigenvalue weighted by molar-refractivity contribution is 0.157. The molecule has 0 spiro atoms. The fraction of sp³-hybridized carbons (Fsp3) is 1.00. The van der Waals surface area contributed by atoms with Crippen LogP contribution in [0.3, 0.4) is 0 Å². The summed E-state index contributed by atoms with van der Waals surface area (Å²) in [6, 6.07) is 0. The molecular formula is C10H22N2. The second-order valence-electron chi connectivity index (χ2n) is 4.30. The molecule has 0 aromatic heterocycles. The van der Waals surface area contributed by atoms with E-state index in [9.17, 15) is 0 Å². The highest BCUT2D eigenvalue weighted by Gasteiger charge is 2.30. The van der Waals surface area contributed by atoms with E-state index in [1.165, 1.54) is 32.2 Å². The summed E-state index contributed by atoms with van der Waals surface area (Å²) in [5, 5.41) is 6.68.